The number of hydrogen-bond donors (Lipinski definition) is 0. The SMILES string of the molecule is CC=Cc1nc2cc(CCCCCC)ccc2s1. The summed E-state index contributed by atoms with van der Waals surface area (Å²) in [6, 6.07) is 6.73. The maximum Gasteiger partial charge on any atom is 0.117 e. The van der Waals surface area contributed by atoms with E-state index < -0.39 is 0 Å². The van der Waals surface area contributed by atoms with Gasteiger partial charge in [-0.15, -0.1) is 11.3 Å². The third-order valence-corrected chi connectivity index (χ3v) is 4.10. The lowest BCUT2D eigenvalue weighted by Crippen LogP contribution is -1.85. The van der Waals surface area contributed by atoms with Gasteiger partial charge in [0.05, 0.1) is 10.2 Å². The Balaban J connectivity index is 2.06. The molecule has 2 heteroatoms. The molecule has 0 fully saturated rings. The molecule has 0 spiro atoms. The van der Waals surface area contributed by atoms with Crippen LogP contribution in [0.1, 0.15) is 50.1 Å². The zero-order valence-electron chi connectivity index (χ0n) is 11.3. The summed E-state index contributed by atoms with van der Waals surface area (Å²) >= 11 is 1.76. The molecule has 18 heavy (non-hydrogen) atoms. The number of nitrogens with zero attached hydrogens (tertiary/aromatic N) is 1. The lowest BCUT2D eigenvalue weighted by Gasteiger charge is -2.00. The van der Waals surface area contributed by atoms with Crippen LogP contribution in [0.3, 0.4) is 0 Å². The molecule has 2 rings (SSSR count). The highest BCUT2D eigenvalue weighted by atomic mass is 32.1. The maximum atomic E-state index is 4.64. The highest BCUT2D eigenvalue weighted by Crippen LogP contribution is 2.24. The van der Waals surface area contributed by atoms with Crippen molar-refractivity contribution in [2.24, 2.45) is 0 Å². The van der Waals surface area contributed by atoms with E-state index in [2.05, 4.69) is 36.2 Å². The van der Waals surface area contributed by atoms with Crippen molar-refractivity contribution < 1.29 is 0 Å². The van der Waals surface area contributed by atoms with E-state index in [4.69, 9.17) is 0 Å². The number of fused-ring (bicyclic) bond motifs is 1. The third-order valence-electron chi connectivity index (χ3n) is 3.10. The Bertz CT molecular complexity index is 525. The molecule has 1 aromatic carbocycles. The minimum atomic E-state index is 1.11. The van der Waals surface area contributed by atoms with Crippen LogP contribution < -0.4 is 0 Å². The maximum absolute atomic E-state index is 4.64. The Morgan fingerprint density at radius 1 is 1.22 bits per heavy atom. The molecule has 2 aromatic rings. The summed E-state index contributed by atoms with van der Waals surface area (Å²) in [4.78, 5) is 4.64. The van der Waals surface area contributed by atoms with Gasteiger partial charge < -0.3 is 0 Å². The second-order valence-electron chi connectivity index (χ2n) is 4.66. The van der Waals surface area contributed by atoms with Crippen LogP contribution in [-0.4, -0.2) is 4.98 Å². The van der Waals surface area contributed by atoms with Crippen LogP contribution >= 0.6 is 11.3 Å². The van der Waals surface area contributed by atoms with Gasteiger partial charge in [-0.25, -0.2) is 4.98 Å². The van der Waals surface area contributed by atoms with Crippen molar-refractivity contribution in [3.05, 3.63) is 34.8 Å². The van der Waals surface area contributed by atoms with Gasteiger partial charge >= 0.3 is 0 Å². The number of aromatic nitrogens is 1. The summed E-state index contributed by atoms with van der Waals surface area (Å²) in [5, 5.41) is 1.11. The van der Waals surface area contributed by atoms with Crippen LogP contribution in [0.2, 0.25) is 0 Å². The van der Waals surface area contributed by atoms with Crippen molar-refractivity contribution in [1.82, 2.24) is 4.98 Å². The largest absolute Gasteiger partial charge is 0.237 e. The average Bonchev–Trinajstić information content (AvgIpc) is 2.76. The van der Waals surface area contributed by atoms with E-state index in [9.17, 15) is 0 Å². The Kier molecular flexibility index (Phi) is 4.94. The lowest BCUT2D eigenvalue weighted by atomic mass is 10.1. The monoisotopic (exact) mass is 259 g/mol. The number of unbranched alkanes of at least 4 members (excludes halogenated alkanes) is 3. The van der Waals surface area contributed by atoms with Crippen molar-refractivity contribution in [3.8, 4) is 0 Å². The van der Waals surface area contributed by atoms with Gasteiger partial charge in [0.25, 0.3) is 0 Å². The Hall–Kier alpha value is -1.15. The van der Waals surface area contributed by atoms with Crippen LogP contribution in [0.25, 0.3) is 16.3 Å². The van der Waals surface area contributed by atoms with E-state index >= 15 is 0 Å². The number of rotatable bonds is 6. The quantitative estimate of drug-likeness (QED) is 0.628. The fourth-order valence-corrected chi connectivity index (χ4v) is 3.03. The van der Waals surface area contributed by atoms with Gasteiger partial charge in [-0.05, 0) is 43.5 Å². The standard InChI is InChI=1S/C16H21NS/c1-3-5-6-7-9-13-10-11-15-14(12-13)17-16(18-15)8-4-2/h4,8,10-12H,3,5-7,9H2,1-2H3. The molecule has 0 atom stereocenters. The molecule has 1 nitrogen and oxygen atoms in total. The number of hydrogen-bond acceptors (Lipinski definition) is 2. The van der Waals surface area contributed by atoms with Crippen LogP contribution in [0.5, 0.6) is 0 Å². The first kappa shape index (κ1) is 13.3. The second kappa shape index (κ2) is 6.69. The molecule has 1 heterocycles. The Morgan fingerprint density at radius 3 is 2.89 bits per heavy atom. The van der Waals surface area contributed by atoms with E-state index in [1.165, 1.54) is 42.4 Å². The molecule has 0 saturated carbocycles. The molecule has 0 aliphatic heterocycles. The van der Waals surface area contributed by atoms with E-state index in [-0.39, 0.29) is 0 Å². The summed E-state index contributed by atoms with van der Waals surface area (Å²) in [7, 11) is 0. The molecule has 0 saturated heterocycles. The normalized spacial score (nSPS) is 11.7. The van der Waals surface area contributed by atoms with Gasteiger partial charge in [-0.3, -0.25) is 0 Å². The van der Waals surface area contributed by atoms with Crippen LogP contribution in [0, 0.1) is 0 Å². The van der Waals surface area contributed by atoms with Crippen molar-refractivity contribution in [2.75, 3.05) is 0 Å². The zero-order chi connectivity index (χ0) is 12.8. The summed E-state index contributed by atoms with van der Waals surface area (Å²) in [6.07, 6.45) is 10.6. The topological polar surface area (TPSA) is 12.9 Å². The molecular formula is C16H21NS. The first-order valence-corrected chi connectivity index (χ1v) is 7.67. The zero-order valence-corrected chi connectivity index (χ0v) is 12.1. The van der Waals surface area contributed by atoms with Gasteiger partial charge in [0.2, 0.25) is 0 Å². The summed E-state index contributed by atoms with van der Waals surface area (Å²) in [5.41, 5.74) is 2.58. The number of aryl methyl sites for hydroxylation is 1. The fourth-order valence-electron chi connectivity index (χ4n) is 2.12. The lowest BCUT2D eigenvalue weighted by molar-refractivity contribution is 0.667. The molecule has 0 N–H and O–H groups in total. The Morgan fingerprint density at radius 2 is 2.11 bits per heavy atom. The van der Waals surface area contributed by atoms with Crippen LogP contribution in [0.15, 0.2) is 24.3 Å². The second-order valence-corrected chi connectivity index (χ2v) is 5.73. The minimum absolute atomic E-state index is 1.11. The molecule has 0 unspecified atom stereocenters. The Labute approximate surface area is 114 Å². The van der Waals surface area contributed by atoms with Gasteiger partial charge in [0.15, 0.2) is 0 Å². The summed E-state index contributed by atoms with van der Waals surface area (Å²) < 4.78 is 1.29. The molecule has 96 valence electrons. The van der Waals surface area contributed by atoms with Crippen LogP contribution in [0.4, 0.5) is 0 Å². The predicted octanol–water partition coefficient (Wildman–Crippen LogP) is 5.45. The van der Waals surface area contributed by atoms with E-state index in [1.54, 1.807) is 11.3 Å². The number of benzene rings is 1. The average molecular weight is 259 g/mol. The molecule has 0 aliphatic carbocycles. The molecule has 1 aromatic heterocycles. The first-order valence-electron chi connectivity index (χ1n) is 6.85. The molecule has 0 radical (unpaired) electrons. The van der Waals surface area contributed by atoms with Crippen molar-refractivity contribution in [1.29, 1.82) is 0 Å². The highest BCUT2D eigenvalue weighted by molar-refractivity contribution is 7.19. The molecular weight excluding hydrogens is 238 g/mol. The molecule has 0 amide bonds. The summed E-state index contributed by atoms with van der Waals surface area (Å²) in [6.45, 7) is 4.29. The minimum Gasteiger partial charge on any atom is -0.237 e. The smallest absolute Gasteiger partial charge is 0.117 e. The predicted molar refractivity (Wildman–Crippen MR) is 82.2 cm³/mol. The van der Waals surface area contributed by atoms with Crippen molar-refractivity contribution in [3.63, 3.8) is 0 Å². The molecule has 0 aliphatic rings. The van der Waals surface area contributed by atoms with Gasteiger partial charge in [0, 0.05) is 0 Å². The first-order chi connectivity index (χ1) is 8.83. The van der Waals surface area contributed by atoms with E-state index in [0.717, 1.165) is 10.5 Å². The van der Waals surface area contributed by atoms with Crippen molar-refractivity contribution >= 4 is 27.6 Å². The van der Waals surface area contributed by atoms with Gasteiger partial charge in [-0.1, -0.05) is 38.3 Å². The van der Waals surface area contributed by atoms with Crippen molar-refractivity contribution in [2.45, 2.75) is 46.0 Å². The highest BCUT2D eigenvalue weighted by Gasteiger charge is 2.02. The van der Waals surface area contributed by atoms with Crippen LogP contribution in [-0.2, 0) is 6.42 Å². The number of thiazole rings is 1. The molecule has 0 bridgehead atoms. The van der Waals surface area contributed by atoms with Gasteiger partial charge in [0.1, 0.15) is 5.01 Å². The fraction of sp³-hybridized carbons (Fsp3) is 0.438. The van der Waals surface area contributed by atoms with E-state index in [0.29, 0.717) is 0 Å². The number of allylic oxidation sites excluding steroid dienone is 1. The van der Waals surface area contributed by atoms with Gasteiger partial charge in [-0.2, -0.15) is 0 Å². The third kappa shape index (κ3) is 3.42. The van der Waals surface area contributed by atoms with E-state index in [1.807, 2.05) is 13.0 Å². The summed E-state index contributed by atoms with van der Waals surface area (Å²) in [5.74, 6) is 0.